The lowest BCUT2D eigenvalue weighted by molar-refractivity contribution is 0.0949. The molecule has 0 saturated carbocycles. The van der Waals surface area contributed by atoms with Crippen LogP contribution in [0.3, 0.4) is 0 Å². The van der Waals surface area contributed by atoms with Crippen molar-refractivity contribution in [1.82, 2.24) is 15.3 Å². The Balaban J connectivity index is 1.47. The van der Waals surface area contributed by atoms with Crippen LogP contribution in [0.2, 0.25) is 0 Å². The molecule has 0 aliphatic carbocycles. The number of nitrogens with zero attached hydrogens (tertiary/aromatic N) is 3. The molecule has 0 spiro atoms. The first-order chi connectivity index (χ1) is 13.2. The van der Waals surface area contributed by atoms with E-state index in [-0.39, 0.29) is 5.91 Å². The van der Waals surface area contributed by atoms with E-state index in [1.54, 1.807) is 6.07 Å². The van der Waals surface area contributed by atoms with Crippen LogP contribution in [0.1, 0.15) is 28.5 Å². The maximum atomic E-state index is 12.5. The molecule has 5 heteroatoms. The molecule has 3 aromatic rings. The molecule has 2 heterocycles. The van der Waals surface area contributed by atoms with Crippen LogP contribution < -0.4 is 10.2 Å². The summed E-state index contributed by atoms with van der Waals surface area (Å²) in [5, 5.41) is 2.95. The summed E-state index contributed by atoms with van der Waals surface area (Å²) in [5.41, 5.74) is 4.05. The van der Waals surface area contributed by atoms with Crippen molar-refractivity contribution in [3.8, 4) is 0 Å². The number of hydrogen-bond acceptors (Lipinski definition) is 4. The summed E-state index contributed by atoms with van der Waals surface area (Å²) in [6.45, 7) is 2.74. The number of carbonyl (C=O) groups is 1. The molecule has 1 unspecified atom stereocenters. The van der Waals surface area contributed by atoms with Crippen molar-refractivity contribution in [2.24, 2.45) is 0 Å². The van der Waals surface area contributed by atoms with Crippen molar-refractivity contribution in [3.05, 3.63) is 83.8 Å². The summed E-state index contributed by atoms with van der Waals surface area (Å²) in [6.07, 6.45) is 3.23. The first-order valence-electron chi connectivity index (χ1n) is 9.23. The first-order valence-corrected chi connectivity index (χ1v) is 9.23. The predicted octanol–water partition coefficient (Wildman–Crippen LogP) is 3.53. The lowest BCUT2D eigenvalue weighted by Gasteiger charge is -2.23. The average molecular weight is 358 g/mol. The van der Waals surface area contributed by atoms with Crippen molar-refractivity contribution in [1.29, 1.82) is 0 Å². The van der Waals surface area contributed by atoms with Crippen molar-refractivity contribution in [2.45, 2.75) is 25.8 Å². The average Bonchev–Trinajstić information content (AvgIpc) is 3.04. The largest absolute Gasteiger partial charge is 0.350 e. The second-order valence-corrected chi connectivity index (χ2v) is 6.80. The quantitative estimate of drug-likeness (QED) is 0.758. The Bertz CT molecular complexity index is 942. The Kier molecular flexibility index (Phi) is 4.83. The van der Waals surface area contributed by atoms with Crippen molar-refractivity contribution < 1.29 is 4.79 Å². The number of anilines is 2. The lowest BCUT2D eigenvalue weighted by atomic mass is 10.1. The van der Waals surface area contributed by atoms with Crippen molar-refractivity contribution in [3.63, 3.8) is 0 Å². The highest BCUT2D eigenvalue weighted by molar-refractivity contribution is 5.93. The van der Waals surface area contributed by atoms with Gasteiger partial charge in [-0.25, -0.2) is 9.97 Å². The van der Waals surface area contributed by atoms with E-state index in [4.69, 9.17) is 0 Å². The number of aromatic nitrogens is 2. The fraction of sp³-hybridized carbons (Fsp3) is 0.227. The van der Waals surface area contributed by atoms with Gasteiger partial charge in [-0.2, -0.15) is 0 Å². The zero-order valence-corrected chi connectivity index (χ0v) is 15.3. The van der Waals surface area contributed by atoms with Crippen LogP contribution in [0.5, 0.6) is 0 Å². The Morgan fingerprint density at radius 3 is 2.74 bits per heavy atom. The van der Waals surface area contributed by atoms with Crippen LogP contribution in [0, 0.1) is 0 Å². The number of nitrogens with one attached hydrogen (secondary N) is 1. The Hall–Kier alpha value is -3.21. The van der Waals surface area contributed by atoms with E-state index < -0.39 is 0 Å². The van der Waals surface area contributed by atoms with E-state index in [1.807, 2.05) is 24.3 Å². The number of hydrogen-bond donors (Lipinski definition) is 1. The number of carbonyl (C=O) groups excluding carboxylic acids is 1. The normalized spacial score (nSPS) is 15.4. The fourth-order valence-corrected chi connectivity index (χ4v) is 3.57. The van der Waals surface area contributed by atoms with Gasteiger partial charge in [0.05, 0.1) is 0 Å². The van der Waals surface area contributed by atoms with Crippen molar-refractivity contribution >= 4 is 17.4 Å². The summed E-state index contributed by atoms with van der Waals surface area (Å²) >= 11 is 0. The lowest BCUT2D eigenvalue weighted by Crippen LogP contribution is -2.28. The first kappa shape index (κ1) is 17.2. The molecule has 1 aliphatic rings. The highest BCUT2D eigenvalue weighted by atomic mass is 16.1. The number of fused-ring (bicyclic) bond motifs is 1. The van der Waals surface area contributed by atoms with Crippen molar-refractivity contribution in [2.75, 3.05) is 11.4 Å². The van der Waals surface area contributed by atoms with Gasteiger partial charge in [0.15, 0.2) is 0 Å². The molecule has 0 saturated heterocycles. The molecular formula is C22H22N4O. The van der Waals surface area contributed by atoms with Gasteiger partial charge in [-0.15, -0.1) is 0 Å². The molecule has 27 heavy (non-hydrogen) atoms. The van der Waals surface area contributed by atoms with Crippen LogP contribution in [0.15, 0.2) is 67.0 Å². The summed E-state index contributed by atoms with van der Waals surface area (Å²) in [7, 11) is 0. The van der Waals surface area contributed by atoms with E-state index in [9.17, 15) is 4.79 Å². The van der Waals surface area contributed by atoms with Gasteiger partial charge < -0.3 is 10.2 Å². The van der Waals surface area contributed by atoms with Gasteiger partial charge >= 0.3 is 0 Å². The standard InChI is InChI=1S/C22H22N4O/c1-16-13-18-9-5-6-10-20(18)26(16)21-14-19(24-15-25-21)22(27)23-12-11-17-7-3-2-4-8-17/h2-10,14-16H,11-13H2,1H3,(H,23,27). The minimum absolute atomic E-state index is 0.172. The van der Waals surface area contributed by atoms with Gasteiger partial charge in [-0.3, -0.25) is 4.79 Å². The molecule has 0 radical (unpaired) electrons. The third-order valence-electron chi connectivity index (χ3n) is 4.88. The molecule has 5 nitrogen and oxygen atoms in total. The number of rotatable bonds is 5. The summed E-state index contributed by atoms with van der Waals surface area (Å²) < 4.78 is 0. The number of benzene rings is 2. The second kappa shape index (κ2) is 7.58. The van der Waals surface area contributed by atoms with Gasteiger partial charge in [0.25, 0.3) is 5.91 Å². The minimum Gasteiger partial charge on any atom is -0.350 e. The molecule has 2 aromatic carbocycles. The molecular weight excluding hydrogens is 336 g/mol. The Morgan fingerprint density at radius 2 is 1.89 bits per heavy atom. The van der Waals surface area contributed by atoms with Gasteiger partial charge in [-0.1, -0.05) is 48.5 Å². The molecule has 1 aromatic heterocycles. The highest BCUT2D eigenvalue weighted by Crippen LogP contribution is 2.36. The molecule has 0 bridgehead atoms. The number of amides is 1. The Morgan fingerprint density at radius 1 is 1.11 bits per heavy atom. The summed E-state index contributed by atoms with van der Waals surface area (Å²) in [6, 6.07) is 20.5. The zero-order valence-electron chi connectivity index (χ0n) is 15.3. The van der Waals surface area contributed by atoms with E-state index in [2.05, 4.69) is 57.4 Å². The van der Waals surface area contributed by atoms with Crippen LogP contribution in [-0.4, -0.2) is 28.5 Å². The second-order valence-electron chi connectivity index (χ2n) is 6.80. The van der Waals surface area contributed by atoms with Gasteiger partial charge in [-0.05, 0) is 37.0 Å². The molecule has 136 valence electrons. The fourth-order valence-electron chi connectivity index (χ4n) is 3.57. The molecule has 0 fully saturated rings. The summed E-state index contributed by atoms with van der Waals surface area (Å²) in [5.74, 6) is 0.588. The van der Waals surface area contributed by atoms with Gasteiger partial charge in [0, 0.05) is 24.3 Å². The van der Waals surface area contributed by atoms with E-state index in [0.29, 0.717) is 18.3 Å². The summed E-state index contributed by atoms with van der Waals surface area (Å²) in [4.78, 5) is 23.3. The Labute approximate surface area is 159 Å². The minimum atomic E-state index is -0.172. The van der Waals surface area contributed by atoms with E-state index >= 15 is 0 Å². The van der Waals surface area contributed by atoms with E-state index in [1.165, 1.54) is 17.5 Å². The topological polar surface area (TPSA) is 58.1 Å². The molecule has 1 atom stereocenters. The van der Waals surface area contributed by atoms with Crippen LogP contribution in [0.25, 0.3) is 0 Å². The third kappa shape index (κ3) is 3.67. The highest BCUT2D eigenvalue weighted by Gasteiger charge is 2.28. The van der Waals surface area contributed by atoms with Crippen LogP contribution in [0.4, 0.5) is 11.5 Å². The predicted molar refractivity (Wildman–Crippen MR) is 106 cm³/mol. The van der Waals surface area contributed by atoms with Gasteiger partial charge in [0.1, 0.15) is 17.8 Å². The third-order valence-corrected chi connectivity index (χ3v) is 4.88. The maximum Gasteiger partial charge on any atom is 0.270 e. The number of para-hydroxylation sites is 1. The van der Waals surface area contributed by atoms with Crippen LogP contribution >= 0.6 is 0 Å². The zero-order chi connectivity index (χ0) is 18.6. The maximum absolute atomic E-state index is 12.5. The monoisotopic (exact) mass is 358 g/mol. The van der Waals surface area contributed by atoms with Gasteiger partial charge in [0.2, 0.25) is 0 Å². The molecule has 1 aliphatic heterocycles. The van der Waals surface area contributed by atoms with Crippen LogP contribution in [-0.2, 0) is 12.8 Å². The smallest absolute Gasteiger partial charge is 0.270 e. The molecule has 4 rings (SSSR count). The molecule has 1 amide bonds. The molecule has 1 N–H and O–H groups in total. The van der Waals surface area contributed by atoms with E-state index in [0.717, 1.165) is 24.3 Å². The SMILES string of the molecule is CC1Cc2ccccc2N1c1cc(C(=O)NCCc2ccccc2)ncn1.